The number of aryl methyl sites for hydroxylation is 1. The minimum Gasteiger partial charge on any atom is -0.478 e. The van der Waals surface area contributed by atoms with Crippen molar-refractivity contribution in [2.75, 3.05) is 0 Å². The van der Waals surface area contributed by atoms with Crippen molar-refractivity contribution in [3.05, 3.63) is 30.1 Å². The lowest BCUT2D eigenvalue weighted by Gasteiger charge is -2.01. The molecule has 84 valence electrons. The average Bonchev–Trinajstić information content (AvgIpc) is 2.65. The first-order chi connectivity index (χ1) is 7.74. The summed E-state index contributed by atoms with van der Waals surface area (Å²) in [5.74, 6) is -0.895. The SMILES string of the molecule is CCCCn1cc(C(=O)O)c2cccnc21. The van der Waals surface area contributed by atoms with E-state index in [2.05, 4.69) is 11.9 Å². The van der Waals surface area contributed by atoms with Crippen LogP contribution >= 0.6 is 0 Å². The lowest BCUT2D eigenvalue weighted by Crippen LogP contribution is -1.97. The third-order valence-corrected chi connectivity index (χ3v) is 2.62. The summed E-state index contributed by atoms with van der Waals surface area (Å²) in [5.41, 5.74) is 1.09. The number of aromatic nitrogens is 2. The Hall–Kier alpha value is -1.84. The summed E-state index contributed by atoms with van der Waals surface area (Å²) >= 11 is 0. The van der Waals surface area contributed by atoms with E-state index in [1.165, 1.54) is 0 Å². The van der Waals surface area contributed by atoms with E-state index in [4.69, 9.17) is 5.11 Å². The highest BCUT2D eigenvalue weighted by Crippen LogP contribution is 2.19. The summed E-state index contributed by atoms with van der Waals surface area (Å²) in [7, 11) is 0. The number of carboxylic acid groups (broad SMARTS) is 1. The van der Waals surface area contributed by atoms with Gasteiger partial charge in [0.05, 0.1) is 5.56 Å². The van der Waals surface area contributed by atoms with E-state index in [0.29, 0.717) is 10.9 Å². The molecular weight excluding hydrogens is 204 g/mol. The van der Waals surface area contributed by atoms with Crippen molar-refractivity contribution >= 4 is 17.0 Å². The molecule has 0 amide bonds. The predicted molar refractivity (Wildman–Crippen MR) is 61.6 cm³/mol. The van der Waals surface area contributed by atoms with Crippen LogP contribution < -0.4 is 0 Å². The fourth-order valence-electron chi connectivity index (χ4n) is 1.79. The number of aromatic carboxylic acids is 1. The summed E-state index contributed by atoms with van der Waals surface area (Å²) in [6.45, 7) is 2.93. The molecule has 0 atom stereocenters. The Kier molecular flexibility index (Phi) is 2.90. The summed E-state index contributed by atoms with van der Waals surface area (Å²) in [4.78, 5) is 15.3. The Balaban J connectivity index is 2.53. The summed E-state index contributed by atoms with van der Waals surface area (Å²) in [6.07, 6.45) is 5.47. The molecule has 0 unspecified atom stereocenters. The van der Waals surface area contributed by atoms with Gasteiger partial charge < -0.3 is 9.67 Å². The highest BCUT2D eigenvalue weighted by atomic mass is 16.4. The van der Waals surface area contributed by atoms with Crippen molar-refractivity contribution in [3.63, 3.8) is 0 Å². The van der Waals surface area contributed by atoms with Crippen LogP contribution in [0.15, 0.2) is 24.5 Å². The second-order valence-electron chi connectivity index (χ2n) is 3.77. The number of pyridine rings is 1. The summed E-state index contributed by atoms with van der Waals surface area (Å²) in [5, 5.41) is 9.79. The lowest BCUT2D eigenvalue weighted by molar-refractivity contribution is 0.0699. The van der Waals surface area contributed by atoms with Crippen molar-refractivity contribution in [2.45, 2.75) is 26.3 Å². The molecule has 2 heterocycles. The lowest BCUT2D eigenvalue weighted by atomic mass is 10.2. The molecule has 0 aliphatic rings. The molecule has 1 N–H and O–H groups in total. The van der Waals surface area contributed by atoms with E-state index in [9.17, 15) is 4.79 Å². The van der Waals surface area contributed by atoms with Crippen LogP contribution in [0.3, 0.4) is 0 Å². The molecule has 2 rings (SSSR count). The number of hydrogen-bond donors (Lipinski definition) is 1. The highest BCUT2D eigenvalue weighted by Gasteiger charge is 2.13. The first-order valence-electron chi connectivity index (χ1n) is 5.41. The number of carboxylic acids is 1. The van der Waals surface area contributed by atoms with Crippen LogP contribution in [0.1, 0.15) is 30.1 Å². The van der Waals surface area contributed by atoms with Gasteiger partial charge in [-0.2, -0.15) is 0 Å². The maximum atomic E-state index is 11.1. The molecule has 4 nitrogen and oxygen atoms in total. The Labute approximate surface area is 93.5 Å². The van der Waals surface area contributed by atoms with Crippen molar-refractivity contribution in [2.24, 2.45) is 0 Å². The van der Waals surface area contributed by atoms with Gasteiger partial charge in [0.2, 0.25) is 0 Å². The zero-order valence-corrected chi connectivity index (χ0v) is 9.18. The van der Waals surface area contributed by atoms with Gasteiger partial charge in [0.25, 0.3) is 0 Å². The van der Waals surface area contributed by atoms with Gasteiger partial charge in [0, 0.05) is 24.3 Å². The van der Waals surface area contributed by atoms with Gasteiger partial charge in [-0.1, -0.05) is 13.3 Å². The van der Waals surface area contributed by atoms with E-state index in [-0.39, 0.29) is 0 Å². The minimum atomic E-state index is -0.895. The molecule has 16 heavy (non-hydrogen) atoms. The molecule has 0 aliphatic heterocycles. The number of nitrogens with zero attached hydrogens (tertiary/aromatic N) is 2. The van der Waals surface area contributed by atoms with E-state index < -0.39 is 5.97 Å². The van der Waals surface area contributed by atoms with Crippen LogP contribution in [-0.4, -0.2) is 20.6 Å². The standard InChI is InChI=1S/C12H14N2O2/c1-2-3-7-14-8-10(12(15)16)9-5-4-6-13-11(9)14/h4-6,8H,2-3,7H2,1H3,(H,15,16). The van der Waals surface area contributed by atoms with Gasteiger partial charge in [-0.3, -0.25) is 0 Å². The first-order valence-corrected chi connectivity index (χ1v) is 5.41. The van der Waals surface area contributed by atoms with Gasteiger partial charge >= 0.3 is 5.97 Å². The largest absolute Gasteiger partial charge is 0.478 e. The van der Waals surface area contributed by atoms with Crippen LogP contribution in [0.4, 0.5) is 0 Å². The second-order valence-corrected chi connectivity index (χ2v) is 3.77. The van der Waals surface area contributed by atoms with Gasteiger partial charge in [0.1, 0.15) is 5.65 Å². The second kappa shape index (κ2) is 4.35. The normalized spacial score (nSPS) is 10.8. The number of hydrogen-bond acceptors (Lipinski definition) is 2. The molecule has 0 aromatic carbocycles. The first kappa shape index (κ1) is 10.7. The Morgan fingerprint density at radius 3 is 3.06 bits per heavy atom. The minimum absolute atomic E-state index is 0.333. The number of fused-ring (bicyclic) bond motifs is 1. The van der Waals surface area contributed by atoms with Gasteiger partial charge in [-0.05, 0) is 18.6 Å². The van der Waals surface area contributed by atoms with E-state index in [0.717, 1.165) is 25.0 Å². The van der Waals surface area contributed by atoms with Gasteiger partial charge in [0.15, 0.2) is 0 Å². The van der Waals surface area contributed by atoms with Crippen LogP contribution in [0, 0.1) is 0 Å². The molecule has 0 bridgehead atoms. The molecule has 0 saturated heterocycles. The van der Waals surface area contributed by atoms with Crippen LogP contribution in [0.2, 0.25) is 0 Å². The quantitative estimate of drug-likeness (QED) is 0.857. The Morgan fingerprint density at radius 1 is 1.56 bits per heavy atom. The fraction of sp³-hybridized carbons (Fsp3) is 0.333. The topological polar surface area (TPSA) is 55.1 Å². The number of unbranched alkanes of at least 4 members (excludes halogenated alkanes) is 1. The molecule has 2 aromatic heterocycles. The molecule has 4 heteroatoms. The van der Waals surface area contributed by atoms with Crippen LogP contribution in [-0.2, 0) is 6.54 Å². The molecule has 0 fully saturated rings. The fourth-order valence-corrected chi connectivity index (χ4v) is 1.79. The monoisotopic (exact) mass is 218 g/mol. The zero-order valence-electron chi connectivity index (χ0n) is 9.18. The maximum absolute atomic E-state index is 11.1. The van der Waals surface area contributed by atoms with Crippen molar-refractivity contribution in [1.29, 1.82) is 0 Å². The molecule has 0 saturated carbocycles. The molecule has 0 radical (unpaired) electrons. The van der Waals surface area contributed by atoms with E-state index in [1.54, 1.807) is 24.5 Å². The third kappa shape index (κ3) is 1.78. The zero-order chi connectivity index (χ0) is 11.5. The molecule has 0 aliphatic carbocycles. The Morgan fingerprint density at radius 2 is 2.38 bits per heavy atom. The van der Waals surface area contributed by atoms with Gasteiger partial charge in [-0.15, -0.1) is 0 Å². The van der Waals surface area contributed by atoms with Crippen molar-refractivity contribution in [1.82, 2.24) is 9.55 Å². The molecule has 2 aromatic rings. The van der Waals surface area contributed by atoms with Crippen molar-refractivity contribution < 1.29 is 9.90 Å². The Bertz CT molecular complexity index is 517. The van der Waals surface area contributed by atoms with E-state index >= 15 is 0 Å². The number of rotatable bonds is 4. The van der Waals surface area contributed by atoms with E-state index in [1.807, 2.05) is 4.57 Å². The molecular formula is C12H14N2O2. The van der Waals surface area contributed by atoms with Crippen LogP contribution in [0.5, 0.6) is 0 Å². The van der Waals surface area contributed by atoms with Crippen LogP contribution in [0.25, 0.3) is 11.0 Å². The third-order valence-electron chi connectivity index (χ3n) is 2.62. The predicted octanol–water partition coefficient (Wildman–Crippen LogP) is 2.53. The maximum Gasteiger partial charge on any atom is 0.337 e. The molecule has 0 spiro atoms. The highest BCUT2D eigenvalue weighted by molar-refractivity contribution is 6.02. The summed E-state index contributed by atoms with van der Waals surface area (Å²) < 4.78 is 1.92. The van der Waals surface area contributed by atoms with Gasteiger partial charge in [-0.25, -0.2) is 9.78 Å². The smallest absolute Gasteiger partial charge is 0.337 e. The summed E-state index contributed by atoms with van der Waals surface area (Å²) in [6, 6.07) is 3.56. The number of carbonyl (C=O) groups is 1. The average molecular weight is 218 g/mol. The van der Waals surface area contributed by atoms with Crippen molar-refractivity contribution in [3.8, 4) is 0 Å².